The molecule has 1 aliphatic carbocycles. The van der Waals surface area contributed by atoms with E-state index in [4.69, 9.17) is 0 Å². The quantitative estimate of drug-likeness (QED) is 0.885. The fourth-order valence-electron chi connectivity index (χ4n) is 2.03. The maximum absolute atomic E-state index is 13.6. The minimum Gasteiger partial charge on any atom is -0.359 e. The third-order valence-electron chi connectivity index (χ3n) is 3.57. The first kappa shape index (κ1) is 13.8. The molecule has 2 aromatic rings. The van der Waals surface area contributed by atoms with Crippen molar-refractivity contribution in [3.05, 3.63) is 40.7 Å². The molecule has 20 heavy (non-hydrogen) atoms. The summed E-state index contributed by atoms with van der Waals surface area (Å²) < 4.78 is 14.0. The number of nitrogens with zero attached hydrogens (tertiary/aromatic N) is 2. The van der Waals surface area contributed by atoms with E-state index in [-0.39, 0.29) is 5.82 Å². The van der Waals surface area contributed by atoms with Crippen molar-refractivity contribution < 1.29 is 4.39 Å². The predicted molar refractivity (Wildman–Crippen MR) is 83.1 cm³/mol. The topological polar surface area (TPSA) is 37.8 Å². The molecule has 0 atom stereocenters. The number of benzene rings is 1. The van der Waals surface area contributed by atoms with Gasteiger partial charge in [-0.05, 0) is 30.7 Å². The third kappa shape index (κ3) is 3.12. The van der Waals surface area contributed by atoms with Gasteiger partial charge in [0.05, 0.1) is 0 Å². The van der Waals surface area contributed by atoms with Gasteiger partial charge in [-0.3, -0.25) is 0 Å². The van der Waals surface area contributed by atoms with Gasteiger partial charge in [0, 0.05) is 17.7 Å². The van der Waals surface area contributed by atoms with Gasteiger partial charge < -0.3 is 5.32 Å². The number of aromatic nitrogens is 2. The maximum Gasteiger partial charge on any atom is 0.205 e. The Labute approximate surface area is 126 Å². The van der Waals surface area contributed by atoms with E-state index in [2.05, 4.69) is 21.8 Å². The Bertz CT molecular complexity index is 596. The Balaban J connectivity index is 1.61. The van der Waals surface area contributed by atoms with Crippen molar-refractivity contribution in [1.29, 1.82) is 0 Å². The van der Waals surface area contributed by atoms with E-state index in [1.54, 1.807) is 12.1 Å². The monoisotopic (exact) mass is 309 g/mol. The number of hydrogen-bond donors (Lipinski definition) is 1. The lowest BCUT2D eigenvalue weighted by Crippen LogP contribution is -2.17. The van der Waals surface area contributed by atoms with E-state index in [0.29, 0.717) is 16.7 Å². The lowest BCUT2D eigenvalue weighted by molar-refractivity contribution is 0.613. The van der Waals surface area contributed by atoms with Crippen molar-refractivity contribution >= 4 is 28.2 Å². The largest absolute Gasteiger partial charge is 0.359 e. The number of nitrogens with one attached hydrogen (secondary N) is 1. The average Bonchev–Trinajstić information content (AvgIpc) is 3.12. The zero-order valence-electron chi connectivity index (χ0n) is 11.2. The number of anilines is 1. The molecule has 0 aliphatic heterocycles. The van der Waals surface area contributed by atoms with Crippen molar-refractivity contribution in [2.24, 2.45) is 0 Å². The molecule has 1 aromatic heterocycles. The molecule has 3 nitrogen and oxygen atoms in total. The van der Waals surface area contributed by atoms with Crippen molar-refractivity contribution in [1.82, 2.24) is 10.2 Å². The molecule has 1 saturated carbocycles. The Morgan fingerprint density at radius 3 is 2.85 bits per heavy atom. The van der Waals surface area contributed by atoms with E-state index in [0.717, 1.165) is 16.7 Å². The van der Waals surface area contributed by atoms with Crippen LogP contribution >= 0.6 is 23.1 Å². The highest BCUT2D eigenvalue weighted by molar-refractivity contribution is 8.00. The van der Waals surface area contributed by atoms with Crippen molar-refractivity contribution in [2.45, 2.75) is 24.0 Å². The summed E-state index contributed by atoms with van der Waals surface area (Å²) in [4.78, 5) is 0. The van der Waals surface area contributed by atoms with Crippen LogP contribution in [0.25, 0.3) is 0 Å². The van der Waals surface area contributed by atoms with Crippen LogP contribution in [0.15, 0.2) is 24.3 Å². The Morgan fingerprint density at radius 1 is 1.35 bits per heavy atom. The molecule has 6 heteroatoms. The van der Waals surface area contributed by atoms with Crippen molar-refractivity contribution in [3.63, 3.8) is 0 Å². The number of halogens is 1. The van der Waals surface area contributed by atoms with E-state index in [9.17, 15) is 4.39 Å². The summed E-state index contributed by atoms with van der Waals surface area (Å²) in [6, 6.07) is 6.80. The van der Waals surface area contributed by atoms with Crippen LogP contribution in [0.5, 0.6) is 0 Å². The van der Waals surface area contributed by atoms with E-state index < -0.39 is 0 Å². The molecule has 1 aliphatic rings. The molecule has 0 radical (unpaired) electrons. The molecule has 1 heterocycles. The first-order valence-electron chi connectivity index (χ1n) is 6.56. The lowest BCUT2D eigenvalue weighted by atomic mass is 10.1. The van der Waals surface area contributed by atoms with Gasteiger partial charge in [-0.25, -0.2) is 4.39 Å². The molecule has 1 aromatic carbocycles. The smallest absolute Gasteiger partial charge is 0.205 e. The van der Waals surface area contributed by atoms with Gasteiger partial charge in [0.1, 0.15) is 10.8 Å². The molecular weight excluding hydrogens is 293 g/mol. The Kier molecular flexibility index (Phi) is 3.94. The zero-order chi connectivity index (χ0) is 14.0. The summed E-state index contributed by atoms with van der Waals surface area (Å²) in [7, 11) is 0. The van der Waals surface area contributed by atoms with Crippen LogP contribution < -0.4 is 5.32 Å². The second kappa shape index (κ2) is 5.69. The summed E-state index contributed by atoms with van der Waals surface area (Å²) in [5.74, 6) is -0.184. The third-order valence-corrected chi connectivity index (χ3v) is 5.87. The second-order valence-corrected chi connectivity index (χ2v) is 7.35. The summed E-state index contributed by atoms with van der Waals surface area (Å²) >= 11 is 3.42. The van der Waals surface area contributed by atoms with Crippen LogP contribution in [0.1, 0.15) is 23.4 Å². The van der Waals surface area contributed by atoms with Crippen LogP contribution in [0.4, 0.5) is 9.52 Å². The van der Waals surface area contributed by atoms with Crippen molar-refractivity contribution in [2.75, 3.05) is 18.1 Å². The fraction of sp³-hybridized carbons (Fsp3) is 0.429. The highest BCUT2D eigenvalue weighted by atomic mass is 32.2. The molecule has 0 unspecified atom stereocenters. The van der Waals surface area contributed by atoms with E-state index >= 15 is 0 Å². The average molecular weight is 309 g/mol. The minimum atomic E-state index is -0.184. The first-order valence-corrected chi connectivity index (χ1v) is 8.60. The molecule has 0 bridgehead atoms. The minimum absolute atomic E-state index is 0.184. The van der Waals surface area contributed by atoms with Gasteiger partial charge in [-0.2, -0.15) is 11.8 Å². The van der Waals surface area contributed by atoms with Gasteiger partial charge in [-0.15, -0.1) is 10.2 Å². The molecule has 3 rings (SSSR count). The molecule has 0 saturated heterocycles. The predicted octanol–water partition coefficient (Wildman–Crippen LogP) is 3.58. The first-order chi connectivity index (χ1) is 9.71. The Hall–Kier alpha value is -1.14. The molecule has 106 valence electrons. The van der Waals surface area contributed by atoms with Gasteiger partial charge in [0.15, 0.2) is 0 Å². The SMILES string of the molecule is CSC1(CNc2nnc(Cc3ccccc3F)s2)CC1. The van der Waals surface area contributed by atoms with Gasteiger partial charge >= 0.3 is 0 Å². The summed E-state index contributed by atoms with van der Waals surface area (Å²) in [6.07, 6.45) is 5.18. The van der Waals surface area contributed by atoms with Crippen LogP contribution in [-0.2, 0) is 6.42 Å². The van der Waals surface area contributed by atoms with Crippen molar-refractivity contribution in [3.8, 4) is 0 Å². The molecule has 1 fully saturated rings. The van der Waals surface area contributed by atoms with E-state index in [1.807, 2.05) is 17.8 Å². The fourth-order valence-corrected chi connectivity index (χ4v) is 3.52. The number of thioether (sulfide) groups is 1. The van der Waals surface area contributed by atoms with Gasteiger partial charge in [0.2, 0.25) is 5.13 Å². The highest BCUT2D eigenvalue weighted by Gasteiger charge is 2.41. The van der Waals surface area contributed by atoms with Crippen LogP contribution in [0.2, 0.25) is 0 Å². The number of hydrogen-bond acceptors (Lipinski definition) is 5. The lowest BCUT2D eigenvalue weighted by Gasteiger charge is -2.11. The number of rotatable bonds is 6. The van der Waals surface area contributed by atoms with Crippen LogP contribution in [0.3, 0.4) is 0 Å². The standard InChI is InChI=1S/C14H16FN3S2/c1-19-14(6-7-14)9-16-13-18-17-12(20-13)8-10-4-2-3-5-11(10)15/h2-5H,6-9H2,1H3,(H,16,18). The molecule has 1 N–H and O–H groups in total. The normalized spacial score (nSPS) is 16.1. The molecular formula is C14H16FN3S2. The van der Waals surface area contributed by atoms with Gasteiger partial charge in [-0.1, -0.05) is 29.5 Å². The highest BCUT2D eigenvalue weighted by Crippen LogP contribution is 2.47. The zero-order valence-corrected chi connectivity index (χ0v) is 12.9. The van der Waals surface area contributed by atoms with E-state index in [1.165, 1.54) is 30.2 Å². The van der Waals surface area contributed by atoms with Crippen LogP contribution in [-0.4, -0.2) is 27.7 Å². The Morgan fingerprint density at radius 2 is 2.15 bits per heavy atom. The second-order valence-electron chi connectivity index (χ2n) is 5.01. The summed E-state index contributed by atoms with van der Waals surface area (Å²) in [5.41, 5.74) is 0.665. The van der Waals surface area contributed by atoms with Gasteiger partial charge in [0.25, 0.3) is 0 Å². The summed E-state index contributed by atoms with van der Waals surface area (Å²) in [5, 5.41) is 13.3. The maximum atomic E-state index is 13.6. The summed E-state index contributed by atoms with van der Waals surface area (Å²) in [6.45, 7) is 0.933. The molecule has 0 amide bonds. The van der Waals surface area contributed by atoms with Crippen LogP contribution in [0, 0.1) is 5.82 Å². The molecule has 0 spiro atoms.